The predicted molar refractivity (Wildman–Crippen MR) is 144 cm³/mol. The van der Waals surface area contributed by atoms with Crippen LogP contribution in [0.15, 0.2) is 82.1 Å². The van der Waals surface area contributed by atoms with Crippen LogP contribution in [0.4, 0.5) is 10.5 Å². The summed E-state index contributed by atoms with van der Waals surface area (Å²) in [5.41, 5.74) is 3.32. The molecule has 1 aliphatic heterocycles. The van der Waals surface area contributed by atoms with Crippen LogP contribution in [-0.4, -0.2) is 30.9 Å². The fourth-order valence-corrected chi connectivity index (χ4v) is 6.28. The molecule has 3 aromatic carbocycles. The molecule has 0 saturated carbocycles. The van der Waals surface area contributed by atoms with Crippen molar-refractivity contribution < 1.29 is 32.2 Å². The van der Waals surface area contributed by atoms with Crippen LogP contribution >= 0.6 is 0 Å². The summed E-state index contributed by atoms with van der Waals surface area (Å²) in [5, 5.41) is 9.22. The lowest BCUT2D eigenvalue weighted by molar-refractivity contribution is 0.0596. The van der Waals surface area contributed by atoms with Crippen molar-refractivity contribution in [3.8, 4) is 17.2 Å². The highest BCUT2D eigenvalue weighted by molar-refractivity contribution is 7.92. The first-order chi connectivity index (χ1) is 18.8. The van der Waals surface area contributed by atoms with Crippen molar-refractivity contribution in [3.63, 3.8) is 0 Å². The number of aryl methyl sites for hydroxylation is 2. The number of hydrogen-bond donors (Lipinski definition) is 1. The molecule has 0 fully saturated rings. The van der Waals surface area contributed by atoms with Crippen molar-refractivity contribution in [2.75, 3.05) is 4.31 Å². The fraction of sp³-hybridized carbons (Fsp3) is 0.241. The average molecular weight is 549 g/mol. The summed E-state index contributed by atoms with van der Waals surface area (Å²) in [5.74, 6) is 1.69. The van der Waals surface area contributed by atoms with Crippen LogP contribution in [0.25, 0.3) is 11.5 Å². The molecule has 0 bridgehead atoms. The number of carboxylic acid groups (broad SMARTS) is 1. The Bertz CT molecular complexity index is 1600. The molecule has 0 unspecified atom stereocenters. The number of oxazole rings is 1. The molecular formula is C29H28N2O7S. The lowest BCUT2D eigenvalue weighted by Gasteiger charge is -2.26. The highest BCUT2D eigenvalue weighted by Gasteiger charge is 2.41. The fourth-order valence-electron chi connectivity index (χ4n) is 4.66. The van der Waals surface area contributed by atoms with Crippen LogP contribution in [0.5, 0.6) is 5.75 Å². The van der Waals surface area contributed by atoms with Gasteiger partial charge in [0, 0.05) is 12.0 Å². The smallest absolute Gasteiger partial charge is 0.487 e. The van der Waals surface area contributed by atoms with Crippen LogP contribution in [-0.2, 0) is 34.2 Å². The quantitative estimate of drug-likeness (QED) is 0.255. The zero-order valence-electron chi connectivity index (χ0n) is 21.5. The third-order valence-electron chi connectivity index (χ3n) is 6.51. The van der Waals surface area contributed by atoms with Crippen LogP contribution in [0.3, 0.4) is 0 Å². The number of aromatic nitrogens is 1. The van der Waals surface area contributed by atoms with Crippen molar-refractivity contribution in [1.82, 2.24) is 4.98 Å². The molecule has 1 N–H and O–H groups in total. The first-order valence-corrected chi connectivity index (χ1v) is 14.0. The highest BCUT2D eigenvalue weighted by atomic mass is 32.2. The lowest BCUT2D eigenvalue weighted by atomic mass is 10.1. The van der Waals surface area contributed by atoms with Crippen LogP contribution in [0.1, 0.15) is 35.9 Å². The van der Waals surface area contributed by atoms with Crippen molar-refractivity contribution in [3.05, 3.63) is 95.4 Å². The Morgan fingerprint density at radius 1 is 1.10 bits per heavy atom. The molecule has 0 saturated heterocycles. The second-order valence-corrected chi connectivity index (χ2v) is 11.0. The Morgan fingerprint density at radius 2 is 1.85 bits per heavy atom. The summed E-state index contributed by atoms with van der Waals surface area (Å²) < 4.78 is 45.6. The monoisotopic (exact) mass is 548 g/mol. The van der Waals surface area contributed by atoms with E-state index in [9.17, 15) is 18.3 Å². The van der Waals surface area contributed by atoms with Crippen molar-refractivity contribution in [2.45, 2.75) is 50.8 Å². The van der Waals surface area contributed by atoms with Crippen molar-refractivity contribution in [1.29, 1.82) is 0 Å². The van der Waals surface area contributed by atoms with Gasteiger partial charge in [-0.05, 0) is 60.9 Å². The molecule has 0 amide bonds. The van der Waals surface area contributed by atoms with Gasteiger partial charge in [0.2, 0.25) is 5.89 Å². The number of benzene rings is 3. The molecule has 0 aliphatic carbocycles. The Labute approximate surface area is 226 Å². The molecule has 202 valence electrons. The first kappa shape index (κ1) is 26.3. The maximum Gasteiger partial charge on any atom is 0.507 e. The SMILES string of the molecule is CCCc1cc(S(=O)(=O)N2c3ccccc3C[C@H]2OC(=O)O)ccc1OCc1nc(-c2ccccc2)oc1C. The number of anilines is 1. The first-order valence-electron chi connectivity index (χ1n) is 12.6. The van der Waals surface area contributed by atoms with E-state index in [1.807, 2.05) is 44.2 Å². The van der Waals surface area contributed by atoms with Crippen molar-refractivity contribution >= 4 is 21.9 Å². The van der Waals surface area contributed by atoms with E-state index < -0.39 is 22.4 Å². The molecule has 1 aromatic heterocycles. The minimum absolute atomic E-state index is 0.0259. The van der Waals surface area contributed by atoms with Gasteiger partial charge in [-0.2, -0.15) is 0 Å². The summed E-state index contributed by atoms with van der Waals surface area (Å²) >= 11 is 0. The van der Waals surface area contributed by atoms with Gasteiger partial charge in [-0.25, -0.2) is 22.5 Å². The molecule has 2 heterocycles. The zero-order valence-corrected chi connectivity index (χ0v) is 22.3. The van der Waals surface area contributed by atoms with Crippen LogP contribution in [0, 0.1) is 6.92 Å². The number of sulfonamides is 1. The molecule has 9 nitrogen and oxygen atoms in total. The topological polar surface area (TPSA) is 119 Å². The second-order valence-electron chi connectivity index (χ2n) is 9.17. The highest BCUT2D eigenvalue weighted by Crippen LogP contribution is 2.38. The van der Waals surface area contributed by atoms with E-state index in [-0.39, 0.29) is 17.9 Å². The van der Waals surface area contributed by atoms with Gasteiger partial charge in [0.25, 0.3) is 10.0 Å². The molecule has 0 spiro atoms. The van der Waals surface area contributed by atoms with Gasteiger partial charge in [0.05, 0.1) is 10.6 Å². The Balaban J connectivity index is 1.42. The third kappa shape index (κ3) is 5.33. The number of para-hydroxylation sites is 1. The lowest BCUT2D eigenvalue weighted by Crippen LogP contribution is -2.40. The van der Waals surface area contributed by atoms with Crippen molar-refractivity contribution in [2.24, 2.45) is 0 Å². The van der Waals surface area contributed by atoms with E-state index in [0.29, 0.717) is 46.3 Å². The number of hydrogen-bond acceptors (Lipinski definition) is 7. The van der Waals surface area contributed by atoms with E-state index in [2.05, 4.69) is 4.98 Å². The summed E-state index contributed by atoms with van der Waals surface area (Å²) in [6.45, 7) is 3.97. The molecule has 0 radical (unpaired) electrons. The minimum Gasteiger partial charge on any atom is -0.487 e. The summed E-state index contributed by atoms with van der Waals surface area (Å²) in [4.78, 5) is 15.9. The predicted octanol–water partition coefficient (Wildman–Crippen LogP) is 5.95. The van der Waals surface area contributed by atoms with E-state index in [0.717, 1.165) is 16.3 Å². The van der Waals surface area contributed by atoms with Crippen LogP contribution in [0.2, 0.25) is 0 Å². The Hall–Kier alpha value is -4.31. The summed E-state index contributed by atoms with van der Waals surface area (Å²) in [6.07, 6.45) is -1.26. The molecule has 1 atom stereocenters. The largest absolute Gasteiger partial charge is 0.507 e. The molecule has 4 aromatic rings. The maximum absolute atomic E-state index is 13.8. The van der Waals surface area contributed by atoms with Gasteiger partial charge in [-0.1, -0.05) is 49.7 Å². The molecule has 5 rings (SSSR count). The van der Waals surface area contributed by atoms with E-state index in [1.54, 1.807) is 36.4 Å². The van der Waals surface area contributed by atoms with Gasteiger partial charge in [0.1, 0.15) is 23.8 Å². The number of nitrogens with zero attached hydrogens (tertiary/aromatic N) is 2. The number of rotatable bonds is 9. The molecule has 39 heavy (non-hydrogen) atoms. The van der Waals surface area contributed by atoms with Gasteiger partial charge in [0.15, 0.2) is 6.23 Å². The second kappa shape index (κ2) is 10.8. The third-order valence-corrected chi connectivity index (χ3v) is 8.31. The molecule has 1 aliphatic rings. The molecular weight excluding hydrogens is 520 g/mol. The van der Waals surface area contributed by atoms with E-state index in [1.165, 1.54) is 6.07 Å². The number of ether oxygens (including phenoxy) is 2. The maximum atomic E-state index is 13.8. The summed E-state index contributed by atoms with van der Waals surface area (Å²) in [7, 11) is -4.14. The zero-order chi connectivity index (χ0) is 27.6. The minimum atomic E-state index is -4.14. The molecule has 10 heteroatoms. The normalized spacial score (nSPS) is 14.7. The Kier molecular flexibility index (Phi) is 7.30. The number of fused-ring (bicyclic) bond motifs is 1. The van der Waals surface area contributed by atoms with Gasteiger partial charge < -0.3 is 19.0 Å². The standard InChI is InChI=1S/C29H28N2O7S/c1-3-9-22-16-23(39(34,35)31-25-13-8-7-12-21(25)17-27(31)38-29(32)33)14-15-26(22)36-18-24-19(2)37-28(30-24)20-10-5-4-6-11-20/h4-8,10-16,27H,3,9,17-18H2,1-2H3,(H,32,33)/t27-/m1/s1. The van der Waals surface area contributed by atoms with Gasteiger partial charge in [-0.3, -0.25) is 0 Å². The van der Waals surface area contributed by atoms with E-state index in [4.69, 9.17) is 13.9 Å². The van der Waals surface area contributed by atoms with Crippen LogP contribution < -0.4 is 9.04 Å². The van der Waals surface area contributed by atoms with Gasteiger partial charge in [-0.15, -0.1) is 0 Å². The van der Waals surface area contributed by atoms with Gasteiger partial charge >= 0.3 is 6.16 Å². The number of carbonyl (C=O) groups is 1. The Morgan fingerprint density at radius 3 is 2.59 bits per heavy atom. The summed E-state index contributed by atoms with van der Waals surface area (Å²) in [6, 6.07) is 21.1. The van der Waals surface area contributed by atoms with E-state index >= 15 is 0 Å². The average Bonchev–Trinajstić information content (AvgIpc) is 3.48.